The number of nitrogens with zero attached hydrogens (tertiary/aromatic N) is 4. The summed E-state index contributed by atoms with van der Waals surface area (Å²) < 4.78 is 39.2. The molecule has 2 rings (SSSR count). The van der Waals surface area contributed by atoms with E-state index in [2.05, 4.69) is 35.8 Å². The van der Waals surface area contributed by atoms with Crippen LogP contribution in [-0.4, -0.2) is 19.7 Å². The number of aryl methyl sites for hydroxylation is 1. The highest BCUT2D eigenvalue weighted by Crippen LogP contribution is 2.27. The first kappa shape index (κ1) is 16.5. The van der Waals surface area contributed by atoms with Gasteiger partial charge >= 0.3 is 6.18 Å². The van der Waals surface area contributed by atoms with E-state index in [9.17, 15) is 13.2 Å². The monoisotopic (exact) mass is 312 g/mol. The average molecular weight is 312 g/mol. The van der Waals surface area contributed by atoms with Gasteiger partial charge in [-0.15, -0.1) is 5.10 Å². The Kier molecular flexibility index (Phi) is 4.53. The predicted octanol–water partition coefficient (Wildman–Crippen LogP) is 3.82. The van der Waals surface area contributed by atoms with Crippen LogP contribution < -0.4 is 0 Å². The fourth-order valence-electron chi connectivity index (χ4n) is 2.04. The molecular formula is C15H19F3N4. The molecule has 0 radical (unpaired) electrons. The van der Waals surface area contributed by atoms with Gasteiger partial charge in [-0.2, -0.15) is 17.9 Å². The molecule has 0 aliphatic heterocycles. The van der Waals surface area contributed by atoms with Crippen LogP contribution in [-0.2, 0) is 12.6 Å². The Hall–Kier alpha value is -1.92. The second kappa shape index (κ2) is 6.06. The van der Waals surface area contributed by atoms with E-state index in [0.717, 1.165) is 16.7 Å². The van der Waals surface area contributed by atoms with Crippen LogP contribution in [0.15, 0.2) is 18.3 Å². The first-order valence-electron chi connectivity index (χ1n) is 7.14. The Labute approximate surface area is 127 Å². The van der Waals surface area contributed by atoms with Gasteiger partial charge in [-0.1, -0.05) is 20.8 Å². The van der Waals surface area contributed by atoms with Crippen LogP contribution in [0.1, 0.15) is 38.0 Å². The summed E-state index contributed by atoms with van der Waals surface area (Å²) in [5.74, 6) is 0.370. The number of halogens is 3. The largest absolute Gasteiger partial charge is 0.453 e. The summed E-state index contributed by atoms with van der Waals surface area (Å²) in [6.45, 7) is 7.91. The second-order valence-corrected chi connectivity index (χ2v) is 5.84. The van der Waals surface area contributed by atoms with Gasteiger partial charge in [-0.3, -0.25) is 0 Å². The third-order valence-corrected chi connectivity index (χ3v) is 3.75. The predicted molar refractivity (Wildman–Crippen MR) is 76.6 cm³/mol. The summed E-state index contributed by atoms with van der Waals surface area (Å²) in [6, 6.07) is 3.64. The van der Waals surface area contributed by atoms with Crippen molar-refractivity contribution >= 4 is 0 Å². The van der Waals surface area contributed by atoms with Crippen LogP contribution in [0, 0.1) is 18.8 Å². The quantitative estimate of drug-likeness (QED) is 0.862. The summed E-state index contributed by atoms with van der Waals surface area (Å²) >= 11 is 0. The highest BCUT2D eigenvalue weighted by Gasteiger charge is 2.36. The van der Waals surface area contributed by atoms with Gasteiger partial charge in [-0.25, -0.2) is 9.97 Å². The Morgan fingerprint density at radius 2 is 1.91 bits per heavy atom. The van der Waals surface area contributed by atoms with Crippen molar-refractivity contribution in [1.82, 2.24) is 19.7 Å². The van der Waals surface area contributed by atoms with Crippen molar-refractivity contribution in [3.63, 3.8) is 0 Å². The van der Waals surface area contributed by atoms with E-state index in [0.29, 0.717) is 17.7 Å². The summed E-state index contributed by atoms with van der Waals surface area (Å²) in [6.07, 6.45) is -2.13. The lowest BCUT2D eigenvalue weighted by molar-refractivity contribution is -0.144. The van der Waals surface area contributed by atoms with E-state index in [1.807, 2.05) is 6.07 Å². The fraction of sp³-hybridized carbons (Fsp3) is 0.533. The van der Waals surface area contributed by atoms with E-state index in [1.54, 1.807) is 12.3 Å². The van der Waals surface area contributed by atoms with Gasteiger partial charge in [0, 0.05) is 6.20 Å². The first-order chi connectivity index (χ1) is 10.2. The van der Waals surface area contributed by atoms with E-state index in [1.165, 1.54) is 6.92 Å². The topological polar surface area (TPSA) is 43.6 Å². The molecule has 2 aromatic heterocycles. The molecule has 2 heterocycles. The third-order valence-electron chi connectivity index (χ3n) is 3.75. The molecule has 120 valence electrons. The Balaban J connectivity index is 2.32. The minimum absolute atomic E-state index is 0.161. The van der Waals surface area contributed by atoms with Crippen LogP contribution in [0.3, 0.4) is 0 Å². The zero-order valence-electron chi connectivity index (χ0n) is 13.0. The zero-order chi connectivity index (χ0) is 16.5. The molecule has 0 fully saturated rings. The second-order valence-electron chi connectivity index (χ2n) is 5.84. The molecule has 1 atom stereocenters. The van der Waals surface area contributed by atoms with Gasteiger partial charge in [0.2, 0.25) is 0 Å². The number of aromatic nitrogens is 4. The summed E-state index contributed by atoms with van der Waals surface area (Å²) in [7, 11) is 0. The summed E-state index contributed by atoms with van der Waals surface area (Å²) in [5.41, 5.74) is 1.02. The molecule has 0 aliphatic rings. The van der Waals surface area contributed by atoms with Crippen molar-refractivity contribution in [1.29, 1.82) is 0 Å². The van der Waals surface area contributed by atoms with Gasteiger partial charge in [0.15, 0.2) is 5.82 Å². The van der Waals surface area contributed by atoms with Crippen LogP contribution in [0.2, 0.25) is 0 Å². The molecule has 22 heavy (non-hydrogen) atoms. The SMILES string of the molecule is Cc1nc(C(F)(F)F)nn1-c1cc(CC(C)C(C)C)ccn1. The molecule has 0 bridgehead atoms. The standard InChI is InChI=1S/C15H19F3N4/c1-9(2)10(3)7-12-5-6-19-13(8-12)22-11(4)20-14(21-22)15(16,17)18/h5-6,8-10H,7H2,1-4H3. The Bertz CT molecular complexity index is 646. The maximum Gasteiger partial charge on any atom is 0.453 e. The zero-order valence-corrected chi connectivity index (χ0v) is 13.0. The Morgan fingerprint density at radius 3 is 2.45 bits per heavy atom. The van der Waals surface area contributed by atoms with Crippen molar-refractivity contribution in [2.45, 2.75) is 40.3 Å². The number of alkyl halides is 3. The normalized spacial score (nSPS) is 13.6. The first-order valence-corrected chi connectivity index (χ1v) is 7.14. The van der Waals surface area contributed by atoms with Gasteiger partial charge in [-0.05, 0) is 42.9 Å². The number of hydrogen-bond acceptors (Lipinski definition) is 3. The van der Waals surface area contributed by atoms with Crippen molar-refractivity contribution in [3.05, 3.63) is 35.5 Å². The molecule has 0 N–H and O–H groups in total. The minimum Gasteiger partial charge on any atom is -0.237 e. The van der Waals surface area contributed by atoms with E-state index in [4.69, 9.17) is 0 Å². The maximum atomic E-state index is 12.7. The molecule has 2 aromatic rings. The van der Waals surface area contributed by atoms with Crippen molar-refractivity contribution < 1.29 is 13.2 Å². The molecule has 7 heteroatoms. The smallest absolute Gasteiger partial charge is 0.237 e. The fourth-order valence-corrected chi connectivity index (χ4v) is 2.04. The van der Waals surface area contributed by atoms with E-state index >= 15 is 0 Å². The molecule has 4 nitrogen and oxygen atoms in total. The molecule has 0 aliphatic carbocycles. The van der Waals surface area contributed by atoms with Gasteiger partial charge < -0.3 is 0 Å². The molecule has 0 aromatic carbocycles. The number of rotatable bonds is 4. The Morgan fingerprint density at radius 1 is 1.23 bits per heavy atom. The highest BCUT2D eigenvalue weighted by atomic mass is 19.4. The van der Waals surface area contributed by atoms with Gasteiger partial charge in [0.05, 0.1) is 0 Å². The van der Waals surface area contributed by atoms with Crippen LogP contribution >= 0.6 is 0 Å². The van der Waals surface area contributed by atoms with E-state index < -0.39 is 12.0 Å². The van der Waals surface area contributed by atoms with E-state index in [-0.39, 0.29) is 5.82 Å². The van der Waals surface area contributed by atoms with Crippen LogP contribution in [0.25, 0.3) is 5.82 Å². The molecule has 0 spiro atoms. The lowest BCUT2D eigenvalue weighted by Crippen LogP contribution is -2.10. The lowest BCUT2D eigenvalue weighted by atomic mass is 9.91. The molecular weight excluding hydrogens is 293 g/mol. The van der Waals surface area contributed by atoms with Crippen molar-refractivity contribution in [2.75, 3.05) is 0 Å². The summed E-state index contributed by atoms with van der Waals surface area (Å²) in [4.78, 5) is 7.58. The van der Waals surface area contributed by atoms with Gasteiger partial charge in [0.1, 0.15) is 5.82 Å². The van der Waals surface area contributed by atoms with Crippen molar-refractivity contribution in [2.24, 2.45) is 11.8 Å². The van der Waals surface area contributed by atoms with Crippen LogP contribution in [0.4, 0.5) is 13.2 Å². The molecule has 0 saturated heterocycles. The minimum atomic E-state index is -4.56. The highest BCUT2D eigenvalue weighted by molar-refractivity contribution is 5.28. The van der Waals surface area contributed by atoms with Gasteiger partial charge in [0.25, 0.3) is 5.82 Å². The number of pyridine rings is 1. The summed E-state index contributed by atoms with van der Waals surface area (Å²) in [5, 5.41) is 3.52. The third kappa shape index (κ3) is 3.64. The average Bonchev–Trinajstić information content (AvgIpc) is 2.81. The van der Waals surface area contributed by atoms with Crippen LogP contribution in [0.5, 0.6) is 0 Å². The van der Waals surface area contributed by atoms with Crippen molar-refractivity contribution in [3.8, 4) is 5.82 Å². The lowest BCUT2D eigenvalue weighted by Gasteiger charge is -2.15. The molecule has 0 saturated carbocycles. The molecule has 0 amide bonds. The molecule has 1 unspecified atom stereocenters. The maximum absolute atomic E-state index is 12.7. The number of hydrogen-bond donors (Lipinski definition) is 0.